The topological polar surface area (TPSA) is 193 Å². The first-order chi connectivity index (χ1) is 27.9. The maximum atomic E-state index is 14.7. The van der Waals surface area contributed by atoms with Crippen LogP contribution in [0.15, 0.2) is 66.9 Å². The van der Waals surface area contributed by atoms with Crippen molar-refractivity contribution >= 4 is 84.0 Å². The first-order valence-electron chi connectivity index (χ1n) is 19.0. The first kappa shape index (κ1) is 42.4. The van der Waals surface area contributed by atoms with E-state index in [2.05, 4.69) is 21.2 Å². The van der Waals surface area contributed by atoms with Crippen LogP contribution in [0.2, 0.25) is 0 Å². The van der Waals surface area contributed by atoms with E-state index in [1.807, 2.05) is 32.2 Å². The van der Waals surface area contributed by atoms with E-state index >= 15 is 0 Å². The van der Waals surface area contributed by atoms with Crippen molar-refractivity contribution in [1.29, 1.82) is 0 Å². The fourth-order valence-electron chi connectivity index (χ4n) is 8.18. The molecule has 0 aliphatic carbocycles. The number of amides is 1. The van der Waals surface area contributed by atoms with Crippen LogP contribution in [-0.4, -0.2) is 82.5 Å². The number of methoxy groups -OCH3 is 1. The highest BCUT2D eigenvalue weighted by Gasteiger charge is 2.51. The number of carbonyl (C=O) groups excluding carboxylic acids is 3. The number of rotatable bonds is 3. The molecule has 9 atom stereocenters. The van der Waals surface area contributed by atoms with E-state index in [4.69, 9.17) is 33.1 Å². The van der Waals surface area contributed by atoms with E-state index in [1.54, 1.807) is 32.1 Å². The monoisotopic (exact) mass is 892 g/mol. The summed E-state index contributed by atoms with van der Waals surface area (Å²) in [5.41, 5.74) is -0.0919. The molecular formula is C43H45BrN2O12S. The van der Waals surface area contributed by atoms with E-state index in [0.29, 0.717) is 20.5 Å². The van der Waals surface area contributed by atoms with Crippen molar-refractivity contribution in [3.8, 4) is 11.5 Å². The maximum absolute atomic E-state index is 14.7. The van der Waals surface area contributed by atoms with Gasteiger partial charge in [0, 0.05) is 64.6 Å². The van der Waals surface area contributed by atoms with Gasteiger partial charge in [-0.1, -0.05) is 54.9 Å². The van der Waals surface area contributed by atoms with Gasteiger partial charge < -0.3 is 43.6 Å². The molecule has 0 unspecified atom stereocenters. The summed E-state index contributed by atoms with van der Waals surface area (Å²) >= 11 is 4.91. The van der Waals surface area contributed by atoms with Crippen LogP contribution < -0.4 is 15.5 Å². The number of anilines is 1. The number of halogens is 1. The summed E-state index contributed by atoms with van der Waals surface area (Å²) in [5.74, 6) is -5.87. The van der Waals surface area contributed by atoms with E-state index in [0.717, 1.165) is 0 Å². The number of aliphatic hydroxyl groups excluding tert-OH is 1. The molecule has 1 fully saturated rings. The molecule has 4 aliphatic heterocycles. The van der Waals surface area contributed by atoms with Crippen LogP contribution >= 0.6 is 27.7 Å². The predicted molar refractivity (Wildman–Crippen MR) is 225 cm³/mol. The minimum Gasteiger partial charge on any atom is -0.505 e. The Morgan fingerprint density at radius 2 is 1.78 bits per heavy atom. The molecule has 312 valence electrons. The Labute approximate surface area is 352 Å². The Morgan fingerprint density at radius 1 is 1.05 bits per heavy atom. The normalized spacial score (nSPS) is 30.7. The lowest BCUT2D eigenvalue weighted by molar-refractivity contribution is -0.168. The minimum atomic E-state index is -2.02. The number of fused-ring (bicyclic) bond motifs is 9. The lowest BCUT2D eigenvalue weighted by Crippen LogP contribution is -2.46. The number of nitrogens with one attached hydrogen (secondary N) is 1. The zero-order valence-electron chi connectivity index (χ0n) is 33.9. The van der Waals surface area contributed by atoms with Crippen LogP contribution in [0.5, 0.6) is 11.5 Å². The Bertz CT molecular complexity index is 2590. The molecule has 5 heterocycles. The number of allylic oxidation sites excluding steroid dienone is 2. The summed E-state index contributed by atoms with van der Waals surface area (Å²) < 4.78 is 37.4. The fourth-order valence-corrected chi connectivity index (χ4v) is 9.35. The zero-order chi connectivity index (χ0) is 42.8. The number of phenolic OH excluding ortho intramolecular Hbond substituents is 1. The van der Waals surface area contributed by atoms with Gasteiger partial charge in [0.05, 0.1) is 35.5 Å². The molecule has 1 saturated heterocycles. The lowest BCUT2D eigenvalue weighted by atomic mass is 9.86. The van der Waals surface area contributed by atoms with Gasteiger partial charge in [0.25, 0.3) is 11.7 Å². The number of phenols is 1. The van der Waals surface area contributed by atoms with E-state index < -0.39 is 71.1 Å². The average Bonchev–Trinajstić information content (AvgIpc) is 3.64. The number of benzene rings is 3. The lowest BCUT2D eigenvalue weighted by Gasteiger charge is -2.33. The third-order valence-corrected chi connectivity index (χ3v) is 12.7. The number of hydrogen-bond acceptors (Lipinski definition) is 14. The number of thioether (sulfide) groups is 1. The second-order valence-electron chi connectivity index (χ2n) is 15.4. The number of hydrogen-bond donors (Lipinski definition) is 3. The van der Waals surface area contributed by atoms with Gasteiger partial charge in [-0.2, -0.15) is 0 Å². The predicted octanol–water partition coefficient (Wildman–Crippen LogP) is 7.25. The number of aromatic hydroxyl groups is 1. The first-order valence-corrected chi connectivity index (χ1v) is 21.1. The number of ketones is 1. The third kappa shape index (κ3) is 7.22. The Balaban J connectivity index is 1.47. The average molecular weight is 894 g/mol. The molecule has 4 aliphatic rings. The van der Waals surface area contributed by atoms with Crippen LogP contribution in [0.1, 0.15) is 57.5 Å². The van der Waals surface area contributed by atoms with Gasteiger partial charge in [-0.15, -0.1) is 11.8 Å². The van der Waals surface area contributed by atoms with Crippen molar-refractivity contribution in [2.24, 2.45) is 17.8 Å². The molecule has 7 bridgehead atoms. The summed E-state index contributed by atoms with van der Waals surface area (Å²) in [6.45, 7) is 11.2. The highest BCUT2D eigenvalue weighted by Crippen LogP contribution is 2.49. The minimum absolute atomic E-state index is 0.00981. The molecule has 16 heteroatoms. The summed E-state index contributed by atoms with van der Waals surface area (Å²) in [4.78, 5) is 60.9. The summed E-state index contributed by atoms with van der Waals surface area (Å²) in [5, 5.41) is 25.9. The van der Waals surface area contributed by atoms with Gasteiger partial charge in [-0.3, -0.25) is 19.2 Å². The van der Waals surface area contributed by atoms with Crippen molar-refractivity contribution in [2.45, 2.75) is 89.7 Å². The second-order valence-corrected chi connectivity index (χ2v) is 17.2. The number of ether oxygens (including phenoxy) is 5. The van der Waals surface area contributed by atoms with Crippen LogP contribution in [0.3, 0.4) is 0 Å². The van der Waals surface area contributed by atoms with Crippen LogP contribution in [0.25, 0.3) is 33.0 Å². The Kier molecular flexibility index (Phi) is 11.5. The zero-order valence-corrected chi connectivity index (χ0v) is 36.3. The fraction of sp³-hybridized carbons (Fsp3) is 0.419. The molecule has 0 radical (unpaired) electrons. The molecule has 14 nitrogen and oxygen atoms in total. The number of carbonyl (C=O) groups is 3. The van der Waals surface area contributed by atoms with Gasteiger partial charge in [0.15, 0.2) is 22.3 Å². The van der Waals surface area contributed by atoms with Crippen molar-refractivity contribution in [3.05, 3.63) is 74.1 Å². The summed E-state index contributed by atoms with van der Waals surface area (Å²) in [7, 11) is 1.46. The van der Waals surface area contributed by atoms with Gasteiger partial charge >= 0.3 is 11.8 Å². The highest BCUT2D eigenvalue weighted by molar-refractivity contribution is 9.10. The summed E-state index contributed by atoms with van der Waals surface area (Å²) in [6.07, 6.45) is 5.53. The smallest absolute Gasteiger partial charge is 0.312 e. The number of esters is 1. The van der Waals surface area contributed by atoms with Crippen LogP contribution in [-0.2, 0) is 28.5 Å². The number of aromatic nitrogens is 1. The molecule has 59 heavy (non-hydrogen) atoms. The molecule has 4 aromatic rings. The Hall–Kier alpha value is -4.74. The SMILES string of the molecule is CO[C@H]1/C=C/O[C@@]2(C)Oc3c(C)c(=O)c4c(O)c(c5oc6cc(Br)cc(SC)c6nc5c4c3C2=O)NC(=O)/C(C)=C\C=C\[C@H](C)[C@@H]2O[C@H]([C@H](O)[C@@H]2C)[C@H](OC(C)=O)[C@@H]1C. The molecular weight excluding hydrogens is 848 g/mol. The number of Topliss-reactive ketones (excluding diaryl/α,β-unsaturated/α-hetero) is 1. The largest absolute Gasteiger partial charge is 0.505 e. The van der Waals surface area contributed by atoms with Crippen molar-refractivity contribution < 1.29 is 52.7 Å². The Morgan fingerprint density at radius 3 is 2.46 bits per heavy atom. The van der Waals surface area contributed by atoms with Gasteiger partial charge in [-0.05, 0) is 38.3 Å². The van der Waals surface area contributed by atoms with E-state index in [9.17, 15) is 29.4 Å². The highest BCUT2D eigenvalue weighted by atomic mass is 79.9. The van der Waals surface area contributed by atoms with E-state index in [-0.39, 0.29) is 61.8 Å². The number of nitrogens with zero attached hydrogens (tertiary/aromatic N) is 1. The molecule has 3 aromatic carbocycles. The van der Waals surface area contributed by atoms with Crippen LogP contribution in [0.4, 0.5) is 5.69 Å². The van der Waals surface area contributed by atoms with Crippen molar-refractivity contribution in [1.82, 2.24) is 4.98 Å². The van der Waals surface area contributed by atoms with Crippen molar-refractivity contribution in [2.75, 3.05) is 18.7 Å². The molecule has 1 aromatic heterocycles. The van der Waals surface area contributed by atoms with Gasteiger partial charge in [-0.25, -0.2) is 4.98 Å². The van der Waals surface area contributed by atoms with Crippen LogP contribution in [0, 0.1) is 24.7 Å². The standard InChI is InChI=1S/C43H45BrN2O12S/c1-17-11-10-12-18(2)42(52)46-32-35(50)28-27(31-39(32)56-25-15-23(44)16-26(59-9)30(25)45-31)29-37(20(4)33(28)48)58-43(7,41(29)51)54-14-13-24(53-8)19(3)38(55-22(6)47)40-34(49)21(5)36(17)57-40/h10-17,19,21,24,34,36,38,40,49-50H,1-9H3,(H,46,52)/b11-10+,14-13+,18-12-/t17-,19+,21-,24-,34+,36-,38+,40+,43-/m0/s1. The van der Waals surface area contributed by atoms with E-state index in [1.165, 1.54) is 52.0 Å². The van der Waals surface area contributed by atoms with Gasteiger partial charge in [0.1, 0.15) is 34.7 Å². The van der Waals surface area contributed by atoms with Crippen molar-refractivity contribution in [3.63, 3.8) is 0 Å². The quantitative estimate of drug-likeness (QED) is 0.0612. The number of aliphatic hydroxyl groups is 1. The molecule has 0 spiro atoms. The molecule has 3 N–H and O–H groups in total. The summed E-state index contributed by atoms with van der Waals surface area (Å²) in [6, 6.07) is 3.53. The third-order valence-electron chi connectivity index (χ3n) is 11.5. The molecule has 1 amide bonds. The molecule has 0 saturated carbocycles. The second kappa shape index (κ2) is 16.0. The maximum Gasteiger partial charge on any atom is 0.312 e. The molecule has 8 rings (SSSR count). The van der Waals surface area contributed by atoms with Gasteiger partial charge in [0.2, 0.25) is 0 Å².